The standard InChI is InChI=1S/C14H10FN3O/c15-8-5-6-12(19)10(7-8)14-17-11-4-2-1-3-9(11)13(16)18-14/h1-7,19H,(H2,16,17,18). The van der Waals surface area contributed by atoms with Crippen LogP contribution in [0.3, 0.4) is 0 Å². The largest absolute Gasteiger partial charge is 0.507 e. The molecule has 0 spiro atoms. The molecule has 0 saturated heterocycles. The van der Waals surface area contributed by atoms with Crippen molar-refractivity contribution in [1.82, 2.24) is 9.97 Å². The maximum atomic E-state index is 13.2. The summed E-state index contributed by atoms with van der Waals surface area (Å²) in [6, 6.07) is 10.9. The summed E-state index contributed by atoms with van der Waals surface area (Å²) in [6.07, 6.45) is 0. The van der Waals surface area contributed by atoms with E-state index in [-0.39, 0.29) is 17.1 Å². The maximum Gasteiger partial charge on any atom is 0.165 e. The number of rotatable bonds is 1. The lowest BCUT2D eigenvalue weighted by atomic mass is 10.1. The first-order chi connectivity index (χ1) is 9.15. The Labute approximate surface area is 108 Å². The van der Waals surface area contributed by atoms with Crippen molar-refractivity contribution in [2.24, 2.45) is 0 Å². The zero-order valence-corrected chi connectivity index (χ0v) is 9.84. The molecule has 3 aromatic rings. The number of benzene rings is 2. The van der Waals surface area contributed by atoms with E-state index in [4.69, 9.17) is 5.73 Å². The van der Waals surface area contributed by atoms with Gasteiger partial charge in [0.25, 0.3) is 0 Å². The predicted octanol–water partition coefficient (Wildman–Crippen LogP) is 2.72. The lowest BCUT2D eigenvalue weighted by Gasteiger charge is -2.07. The van der Waals surface area contributed by atoms with Crippen LogP contribution < -0.4 is 5.73 Å². The molecule has 4 nitrogen and oxygen atoms in total. The summed E-state index contributed by atoms with van der Waals surface area (Å²) < 4.78 is 13.2. The van der Waals surface area contributed by atoms with Crippen LogP contribution >= 0.6 is 0 Å². The van der Waals surface area contributed by atoms with Gasteiger partial charge in [0.2, 0.25) is 0 Å². The van der Waals surface area contributed by atoms with E-state index in [2.05, 4.69) is 9.97 Å². The number of para-hydroxylation sites is 1. The van der Waals surface area contributed by atoms with Crippen molar-refractivity contribution < 1.29 is 9.50 Å². The molecule has 0 aliphatic rings. The van der Waals surface area contributed by atoms with Gasteiger partial charge < -0.3 is 10.8 Å². The van der Waals surface area contributed by atoms with Gasteiger partial charge in [-0.2, -0.15) is 0 Å². The first-order valence-corrected chi connectivity index (χ1v) is 5.66. The molecule has 0 saturated carbocycles. The highest BCUT2D eigenvalue weighted by Crippen LogP contribution is 2.29. The lowest BCUT2D eigenvalue weighted by Crippen LogP contribution is -1.98. The molecule has 0 amide bonds. The van der Waals surface area contributed by atoms with Gasteiger partial charge in [-0.25, -0.2) is 14.4 Å². The highest BCUT2D eigenvalue weighted by molar-refractivity contribution is 5.89. The third-order valence-electron chi connectivity index (χ3n) is 2.83. The van der Waals surface area contributed by atoms with Gasteiger partial charge in [0.1, 0.15) is 17.4 Å². The summed E-state index contributed by atoms with van der Waals surface area (Å²) in [7, 11) is 0. The van der Waals surface area contributed by atoms with Gasteiger partial charge in [0.15, 0.2) is 5.82 Å². The summed E-state index contributed by atoms with van der Waals surface area (Å²) in [5.41, 5.74) is 6.72. The fraction of sp³-hybridized carbons (Fsp3) is 0. The number of phenolic OH excluding ortho intramolecular Hbond substituents is 1. The zero-order chi connectivity index (χ0) is 13.4. The number of aromatic hydroxyl groups is 1. The van der Waals surface area contributed by atoms with E-state index < -0.39 is 5.82 Å². The van der Waals surface area contributed by atoms with Crippen LogP contribution in [0.25, 0.3) is 22.3 Å². The molecular formula is C14H10FN3O. The predicted molar refractivity (Wildman–Crippen MR) is 71.0 cm³/mol. The third kappa shape index (κ3) is 1.95. The van der Waals surface area contributed by atoms with Crippen molar-refractivity contribution in [1.29, 1.82) is 0 Å². The Kier molecular flexibility index (Phi) is 2.52. The Morgan fingerprint density at radius 2 is 1.84 bits per heavy atom. The smallest absolute Gasteiger partial charge is 0.165 e. The number of aromatic nitrogens is 2. The topological polar surface area (TPSA) is 72.0 Å². The molecule has 0 bridgehead atoms. The summed E-state index contributed by atoms with van der Waals surface area (Å²) in [5, 5.41) is 10.5. The molecule has 0 aliphatic heterocycles. The highest BCUT2D eigenvalue weighted by Gasteiger charge is 2.11. The van der Waals surface area contributed by atoms with Gasteiger partial charge in [0.05, 0.1) is 11.1 Å². The van der Waals surface area contributed by atoms with Crippen LogP contribution in [0.15, 0.2) is 42.5 Å². The molecule has 1 aromatic heterocycles. The maximum absolute atomic E-state index is 13.2. The molecule has 19 heavy (non-hydrogen) atoms. The minimum absolute atomic E-state index is 0.0870. The molecule has 2 aromatic carbocycles. The second kappa shape index (κ2) is 4.20. The van der Waals surface area contributed by atoms with Gasteiger partial charge in [0, 0.05) is 5.39 Å². The Morgan fingerprint density at radius 3 is 2.68 bits per heavy atom. The molecular weight excluding hydrogens is 245 g/mol. The van der Waals surface area contributed by atoms with Crippen LogP contribution in [0.1, 0.15) is 0 Å². The number of hydrogen-bond donors (Lipinski definition) is 2. The minimum Gasteiger partial charge on any atom is -0.507 e. The van der Waals surface area contributed by atoms with Crippen molar-refractivity contribution in [3.63, 3.8) is 0 Å². The first kappa shape index (κ1) is 11.4. The van der Waals surface area contributed by atoms with E-state index in [0.717, 1.165) is 5.39 Å². The van der Waals surface area contributed by atoms with Crippen LogP contribution in [-0.4, -0.2) is 15.1 Å². The Hall–Kier alpha value is -2.69. The van der Waals surface area contributed by atoms with E-state index in [0.29, 0.717) is 11.3 Å². The molecule has 1 heterocycles. The number of nitrogens with two attached hydrogens (primary N) is 1. The Morgan fingerprint density at radius 1 is 1.05 bits per heavy atom. The molecule has 3 N–H and O–H groups in total. The normalized spacial score (nSPS) is 10.8. The second-order valence-corrected chi connectivity index (χ2v) is 4.11. The average Bonchev–Trinajstić information content (AvgIpc) is 2.41. The number of phenols is 1. The van der Waals surface area contributed by atoms with Crippen LogP contribution in [0, 0.1) is 5.82 Å². The van der Waals surface area contributed by atoms with Crippen LogP contribution in [-0.2, 0) is 0 Å². The van der Waals surface area contributed by atoms with Gasteiger partial charge >= 0.3 is 0 Å². The van der Waals surface area contributed by atoms with Crippen LogP contribution in [0.4, 0.5) is 10.2 Å². The molecule has 3 rings (SSSR count). The monoisotopic (exact) mass is 255 g/mol. The molecule has 0 unspecified atom stereocenters. The third-order valence-corrected chi connectivity index (χ3v) is 2.83. The molecule has 0 atom stereocenters. The first-order valence-electron chi connectivity index (χ1n) is 5.66. The fourth-order valence-corrected chi connectivity index (χ4v) is 1.91. The zero-order valence-electron chi connectivity index (χ0n) is 9.84. The van der Waals surface area contributed by atoms with Gasteiger partial charge in [-0.3, -0.25) is 0 Å². The van der Waals surface area contributed by atoms with E-state index in [1.165, 1.54) is 18.2 Å². The second-order valence-electron chi connectivity index (χ2n) is 4.11. The van der Waals surface area contributed by atoms with Crippen molar-refractivity contribution in [3.05, 3.63) is 48.3 Å². The van der Waals surface area contributed by atoms with E-state index in [1.54, 1.807) is 12.1 Å². The highest BCUT2D eigenvalue weighted by atomic mass is 19.1. The summed E-state index contributed by atoms with van der Waals surface area (Å²) in [6.45, 7) is 0. The van der Waals surface area contributed by atoms with Crippen LogP contribution in [0.5, 0.6) is 5.75 Å². The molecule has 5 heteroatoms. The number of anilines is 1. The fourth-order valence-electron chi connectivity index (χ4n) is 1.91. The average molecular weight is 255 g/mol. The SMILES string of the molecule is Nc1nc(-c2cc(F)ccc2O)nc2ccccc12. The van der Waals surface area contributed by atoms with Crippen molar-refractivity contribution in [2.45, 2.75) is 0 Å². The molecule has 94 valence electrons. The van der Waals surface area contributed by atoms with Crippen LogP contribution in [0.2, 0.25) is 0 Å². The Balaban J connectivity index is 2.28. The quantitative estimate of drug-likeness (QED) is 0.701. The van der Waals surface area contributed by atoms with Gasteiger partial charge in [-0.15, -0.1) is 0 Å². The molecule has 0 fully saturated rings. The van der Waals surface area contributed by atoms with E-state index in [9.17, 15) is 9.50 Å². The van der Waals surface area contributed by atoms with E-state index >= 15 is 0 Å². The number of nitrogens with zero attached hydrogens (tertiary/aromatic N) is 2. The van der Waals surface area contributed by atoms with Gasteiger partial charge in [-0.1, -0.05) is 12.1 Å². The number of halogens is 1. The summed E-state index contributed by atoms with van der Waals surface area (Å²) >= 11 is 0. The summed E-state index contributed by atoms with van der Waals surface area (Å²) in [4.78, 5) is 8.40. The lowest BCUT2D eigenvalue weighted by molar-refractivity contribution is 0.475. The van der Waals surface area contributed by atoms with Crippen molar-refractivity contribution in [2.75, 3.05) is 5.73 Å². The molecule has 0 radical (unpaired) electrons. The number of hydrogen-bond acceptors (Lipinski definition) is 4. The number of nitrogen functional groups attached to an aromatic ring is 1. The van der Waals surface area contributed by atoms with Crippen molar-refractivity contribution in [3.8, 4) is 17.1 Å². The van der Waals surface area contributed by atoms with E-state index in [1.807, 2.05) is 12.1 Å². The Bertz CT molecular complexity index is 774. The minimum atomic E-state index is -0.469. The van der Waals surface area contributed by atoms with Gasteiger partial charge in [-0.05, 0) is 30.3 Å². The number of fused-ring (bicyclic) bond motifs is 1. The molecule has 0 aliphatic carbocycles. The van der Waals surface area contributed by atoms with Crippen molar-refractivity contribution >= 4 is 16.7 Å². The summed E-state index contributed by atoms with van der Waals surface area (Å²) in [5.74, 6) is -0.0586.